The molecule has 0 spiro atoms. The van der Waals surface area contributed by atoms with Crippen molar-refractivity contribution in [3.05, 3.63) is 17.8 Å². The number of hydrogen-bond donors (Lipinski definition) is 2. The van der Waals surface area contributed by atoms with E-state index in [9.17, 15) is 13.5 Å². The number of aromatic hydroxyl groups is 1. The molecular formula is C10H17N3O3S. The lowest BCUT2D eigenvalue weighted by atomic mass is 10.3. The number of anilines is 1. The van der Waals surface area contributed by atoms with Gasteiger partial charge in [0.25, 0.3) is 0 Å². The molecule has 0 bridgehead atoms. The molecule has 0 radical (unpaired) electrons. The summed E-state index contributed by atoms with van der Waals surface area (Å²) in [6.07, 6.45) is 0. The van der Waals surface area contributed by atoms with Crippen LogP contribution in [0.4, 0.5) is 5.82 Å². The fourth-order valence-corrected chi connectivity index (χ4v) is 2.19. The summed E-state index contributed by atoms with van der Waals surface area (Å²) in [4.78, 5) is 3.93. The Morgan fingerprint density at radius 2 is 2.00 bits per heavy atom. The zero-order valence-corrected chi connectivity index (χ0v) is 11.1. The second kappa shape index (κ2) is 4.89. The third kappa shape index (κ3) is 3.31. The molecular weight excluding hydrogens is 242 g/mol. The van der Waals surface area contributed by atoms with Gasteiger partial charge in [-0.2, -0.15) is 12.7 Å². The summed E-state index contributed by atoms with van der Waals surface area (Å²) in [5, 5.41) is 9.51. The van der Waals surface area contributed by atoms with Crippen LogP contribution in [-0.2, 0) is 10.2 Å². The van der Waals surface area contributed by atoms with Gasteiger partial charge < -0.3 is 5.11 Å². The van der Waals surface area contributed by atoms with E-state index in [-0.39, 0.29) is 17.6 Å². The Balaban J connectivity index is 3.02. The van der Waals surface area contributed by atoms with Crippen LogP contribution in [-0.4, -0.2) is 35.9 Å². The van der Waals surface area contributed by atoms with Crippen molar-refractivity contribution >= 4 is 16.0 Å². The zero-order valence-electron chi connectivity index (χ0n) is 10.3. The number of aryl methyl sites for hydroxylation is 1. The van der Waals surface area contributed by atoms with Crippen LogP contribution in [0.3, 0.4) is 0 Å². The van der Waals surface area contributed by atoms with Gasteiger partial charge in [-0.25, -0.2) is 4.98 Å². The lowest BCUT2D eigenvalue weighted by Crippen LogP contribution is -2.37. The van der Waals surface area contributed by atoms with Crippen LogP contribution in [0.15, 0.2) is 12.1 Å². The van der Waals surface area contributed by atoms with E-state index in [1.54, 1.807) is 26.8 Å². The molecule has 7 heteroatoms. The van der Waals surface area contributed by atoms with E-state index in [1.165, 1.54) is 13.1 Å². The van der Waals surface area contributed by atoms with Crippen molar-refractivity contribution in [2.75, 3.05) is 11.8 Å². The first-order valence-corrected chi connectivity index (χ1v) is 6.60. The Morgan fingerprint density at radius 3 is 2.53 bits per heavy atom. The quantitative estimate of drug-likeness (QED) is 0.848. The Labute approximate surface area is 101 Å². The molecule has 1 heterocycles. The van der Waals surface area contributed by atoms with Crippen molar-refractivity contribution in [1.29, 1.82) is 0 Å². The predicted octanol–water partition coefficient (Wildman–Crippen LogP) is 1.09. The molecule has 1 aromatic heterocycles. The van der Waals surface area contributed by atoms with Crippen LogP contribution >= 0.6 is 0 Å². The summed E-state index contributed by atoms with van der Waals surface area (Å²) in [5.74, 6) is -0.256. The van der Waals surface area contributed by atoms with E-state index in [0.29, 0.717) is 5.69 Å². The van der Waals surface area contributed by atoms with Gasteiger partial charge in [-0.05, 0) is 32.9 Å². The lowest BCUT2D eigenvalue weighted by molar-refractivity contribution is 0.413. The maximum atomic E-state index is 11.9. The zero-order chi connectivity index (χ0) is 13.2. The second-order valence-corrected chi connectivity index (χ2v) is 5.77. The summed E-state index contributed by atoms with van der Waals surface area (Å²) in [7, 11) is -2.23. The van der Waals surface area contributed by atoms with E-state index in [1.807, 2.05) is 0 Å². The maximum absolute atomic E-state index is 11.9. The molecule has 0 saturated carbocycles. The van der Waals surface area contributed by atoms with Gasteiger partial charge in [0.1, 0.15) is 0 Å². The predicted molar refractivity (Wildman–Crippen MR) is 66.1 cm³/mol. The first-order valence-electron chi connectivity index (χ1n) is 5.16. The summed E-state index contributed by atoms with van der Waals surface area (Å²) >= 11 is 0. The van der Waals surface area contributed by atoms with Gasteiger partial charge in [-0.1, -0.05) is 0 Å². The molecule has 0 aliphatic carbocycles. The van der Waals surface area contributed by atoms with Gasteiger partial charge in [0, 0.05) is 18.8 Å². The smallest absolute Gasteiger partial charge is 0.302 e. The third-order valence-corrected chi connectivity index (χ3v) is 3.98. The number of hydrogen-bond acceptors (Lipinski definition) is 4. The van der Waals surface area contributed by atoms with E-state index in [2.05, 4.69) is 9.71 Å². The lowest BCUT2D eigenvalue weighted by Gasteiger charge is -2.21. The van der Waals surface area contributed by atoms with Crippen LogP contribution in [0.5, 0.6) is 5.75 Å². The van der Waals surface area contributed by atoms with Crippen molar-refractivity contribution in [2.45, 2.75) is 26.8 Å². The van der Waals surface area contributed by atoms with Gasteiger partial charge in [0.15, 0.2) is 11.6 Å². The molecule has 1 aromatic rings. The highest BCUT2D eigenvalue weighted by atomic mass is 32.2. The molecule has 0 fully saturated rings. The Hall–Kier alpha value is -1.34. The average molecular weight is 259 g/mol. The SMILES string of the molecule is Cc1ccc(O)c(NS(=O)(=O)N(C)C(C)C)n1. The molecule has 0 aliphatic rings. The minimum Gasteiger partial charge on any atom is -0.504 e. The third-order valence-electron chi connectivity index (χ3n) is 2.35. The van der Waals surface area contributed by atoms with Crippen LogP contribution in [0.25, 0.3) is 0 Å². The minimum atomic E-state index is -3.69. The van der Waals surface area contributed by atoms with Crippen LogP contribution < -0.4 is 4.72 Å². The van der Waals surface area contributed by atoms with Crippen LogP contribution in [0.2, 0.25) is 0 Å². The highest BCUT2D eigenvalue weighted by molar-refractivity contribution is 7.90. The molecule has 0 unspecified atom stereocenters. The second-order valence-electron chi connectivity index (χ2n) is 4.04. The molecule has 0 atom stereocenters. The van der Waals surface area contributed by atoms with Gasteiger partial charge in [-0.15, -0.1) is 0 Å². The van der Waals surface area contributed by atoms with E-state index >= 15 is 0 Å². The van der Waals surface area contributed by atoms with Gasteiger partial charge >= 0.3 is 10.2 Å². The summed E-state index contributed by atoms with van der Waals surface area (Å²) < 4.78 is 27.1. The fraction of sp³-hybridized carbons (Fsp3) is 0.500. The summed E-state index contributed by atoms with van der Waals surface area (Å²) in [6.45, 7) is 5.22. The monoisotopic (exact) mass is 259 g/mol. The number of pyridine rings is 1. The van der Waals surface area contributed by atoms with Crippen LogP contribution in [0, 0.1) is 6.92 Å². The molecule has 6 nitrogen and oxygen atoms in total. The summed E-state index contributed by atoms with van der Waals surface area (Å²) in [6, 6.07) is 2.81. The maximum Gasteiger partial charge on any atom is 0.302 e. The molecule has 0 amide bonds. The van der Waals surface area contributed by atoms with Gasteiger partial charge in [-0.3, -0.25) is 4.72 Å². The largest absolute Gasteiger partial charge is 0.504 e. The van der Waals surface area contributed by atoms with Gasteiger partial charge in [0.05, 0.1) is 0 Å². The van der Waals surface area contributed by atoms with Crippen molar-refractivity contribution in [3.63, 3.8) is 0 Å². The van der Waals surface area contributed by atoms with Crippen molar-refractivity contribution in [2.24, 2.45) is 0 Å². The molecule has 2 N–H and O–H groups in total. The highest BCUT2D eigenvalue weighted by Gasteiger charge is 2.22. The minimum absolute atomic E-state index is 0.0579. The van der Waals surface area contributed by atoms with Crippen molar-refractivity contribution in [3.8, 4) is 5.75 Å². The number of nitrogens with one attached hydrogen (secondary N) is 1. The highest BCUT2D eigenvalue weighted by Crippen LogP contribution is 2.22. The molecule has 17 heavy (non-hydrogen) atoms. The summed E-state index contributed by atoms with van der Waals surface area (Å²) in [5.41, 5.74) is 0.618. The number of nitrogens with zero attached hydrogens (tertiary/aromatic N) is 2. The number of rotatable bonds is 4. The van der Waals surface area contributed by atoms with Crippen molar-refractivity contribution < 1.29 is 13.5 Å². The van der Waals surface area contributed by atoms with Gasteiger partial charge in [0.2, 0.25) is 0 Å². The van der Waals surface area contributed by atoms with E-state index in [0.717, 1.165) is 4.31 Å². The fourth-order valence-electron chi connectivity index (χ4n) is 1.10. The topological polar surface area (TPSA) is 82.5 Å². The van der Waals surface area contributed by atoms with Crippen LogP contribution in [0.1, 0.15) is 19.5 Å². The first-order chi connectivity index (χ1) is 7.74. The van der Waals surface area contributed by atoms with Crippen molar-refractivity contribution in [1.82, 2.24) is 9.29 Å². The molecule has 96 valence electrons. The Kier molecular flexibility index (Phi) is 3.94. The van der Waals surface area contributed by atoms with E-state index in [4.69, 9.17) is 0 Å². The van der Waals surface area contributed by atoms with E-state index < -0.39 is 10.2 Å². The molecule has 0 aromatic carbocycles. The first kappa shape index (κ1) is 13.7. The average Bonchev–Trinajstić information content (AvgIpc) is 2.21. The Morgan fingerprint density at radius 1 is 1.41 bits per heavy atom. The normalized spacial score (nSPS) is 12.1. The number of aromatic nitrogens is 1. The standard InChI is InChI=1S/C10H17N3O3S/c1-7(2)13(4)17(15,16)12-10-9(14)6-5-8(3)11-10/h5-7,14H,1-4H3,(H,11,12). The molecule has 0 aliphatic heterocycles. The Bertz CT molecular complexity index is 500. The molecule has 0 saturated heterocycles. The molecule has 1 rings (SSSR count).